The van der Waals surface area contributed by atoms with Crippen molar-refractivity contribution in [3.63, 3.8) is 0 Å². The van der Waals surface area contributed by atoms with Crippen LogP contribution in [0.25, 0.3) is 0 Å². The van der Waals surface area contributed by atoms with Crippen LogP contribution in [0.15, 0.2) is 18.2 Å². The van der Waals surface area contributed by atoms with Gasteiger partial charge in [0.15, 0.2) is 0 Å². The summed E-state index contributed by atoms with van der Waals surface area (Å²) in [7, 11) is 0. The van der Waals surface area contributed by atoms with Crippen molar-refractivity contribution < 1.29 is 32.0 Å². The Morgan fingerprint density at radius 3 is 2.17 bits per heavy atom. The fourth-order valence-corrected chi connectivity index (χ4v) is 0.781. The van der Waals surface area contributed by atoms with Crippen LogP contribution in [0, 0.1) is 6.07 Å². The van der Waals surface area contributed by atoms with Gasteiger partial charge in [-0.1, -0.05) is 10.6 Å². The van der Waals surface area contributed by atoms with Gasteiger partial charge >= 0.3 is 25.0 Å². The summed E-state index contributed by atoms with van der Waals surface area (Å²) in [6.45, 7) is 0. The Morgan fingerprint density at radius 2 is 1.83 bits per heavy atom. The van der Waals surface area contributed by atoms with Gasteiger partial charge in [-0.2, -0.15) is 37.4 Å². The molecule has 12 heavy (non-hydrogen) atoms. The molecule has 0 nitrogen and oxygen atoms in total. The maximum atomic E-state index is 11.9. The van der Waals surface area contributed by atoms with E-state index in [-0.39, 0.29) is 23.9 Å². The number of halogens is 4. The van der Waals surface area contributed by atoms with Crippen molar-refractivity contribution in [3.8, 4) is 0 Å². The van der Waals surface area contributed by atoms with Crippen LogP contribution in [0.1, 0.15) is 5.56 Å². The molecule has 0 unspecified atom stereocenters. The molecule has 0 saturated heterocycles. The smallest absolute Gasteiger partial charge is 0.171 e. The van der Waals surface area contributed by atoms with Crippen LogP contribution in [0.3, 0.4) is 0 Å². The minimum absolute atomic E-state index is 0. The minimum atomic E-state index is -4.36. The molecule has 0 aliphatic heterocycles. The van der Waals surface area contributed by atoms with E-state index in [0.717, 1.165) is 6.07 Å². The largest absolute Gasteiger partial charge is 1.00 e. The molecular formula is C7H3ClF3Li. The molecule has 0 aliphatic rings. The monoisotopic (exact) mass is 186 g/mol. The van der Waals surface area contributed by atoms with E-state index in [9.17, 15) is 13.2 Å². The summed E-state index contributed by atoms with van der Waals surface area (Å²) in [5, 5.41) is -0.0279. The molecule has 0 bridgehead atoms. The molecule has 0 saturated carbocycles. The number of alkyl halides is 3. The van der Waals surface area contributed by atoms with Crippen molar-refractivity contribution in [2.24, 2.45) is 0 Å². The van der Waals surface area contributed by atoms with Gasteiger partial charge < -0.3 is 0 Å². The van der Waals surface area contributed by atoms with Crippen LogP contribution in [0.4, 0.5) is 13.2 Å². The maximum Gasteiger partial charge on any atom is 1.00 e. The van der Waals surface area contributed by atoms with E-state index in [2.05, 4.69) is 0 Å². The van der Waals surface area contributed by atoms with Gasteiger partial charge in [-0.15, -0.1) is 11.6 Å². The summed E-state index contributed by atoms with van der Waals surface area (Å²) in [5.74, 6) is 0. The van der Waals surface area contributed by atoms with Gasteiger partial charge in [0, 0.05) is 0 Å². The Hall–Kier alpha value is -0.103. The van der Waals surface area contributed by atoms with Crippen LogP contribution < -0.4 is 18.9 Å². The van der Waals surface area contributed by atoms with Gasteiger partial charge in [0.2, 0.25) is 0 Å². The maximum absolute atomic E-state index is 11.9. The number of rotatable bonds is 0. The SMILES string of the molecule is FC(F)(F)c1[c-]c(Cl)ccc1.[Li+]. The Balaban J connectivity index is 0.00000121. The predicted molar refractivity (Wildman–Crippen MR) is 35.3 cm³/mol. The minimum Gasteiger partial charge on any atom is -0.171 e. The quantitative estimate of drug-likeness (QED) is 0.400. The zero-order chi connectivity index (χ0) is 8.48. The third-order valence-electron chi connectivity index (χ3n) is 1.06. The summed E-state index contributed by atoms with van der Waals surface area (Å²) >= 11 is 5.30. The fourth-order valence-electron chi connectivity index (χ4n) is 0.606. The Bertz CT molecular complexity index is 259. The number of hydrogen-bond donors (Lipinski definition) is 0. The zero-order valence-corrected chi connectivity index (χ0v) is 7.00. The van der Waals surface area contributed by atoms with Crippen molar-refractivity contribution in [2.45, 2.75) is 6.18 Å². The molecule has 0 heterocycles. The van der Waals surface area contributed by atoms with Crippen LogP contribution in [0.2, 0.25) is 5.02 Å². The van der Waals surface area contributed by atoms with Gasteiger partial charge in [0.05, 0.1) is 0 Å². The van der Waals surface area contributed by atoms with Crippen LogP contribution in [-0.4, -0.2) is 0 Å². The van der Waals surface area contributed by atoms with Crippen molar-refractivity contribution in [1.82, 2.24) is 0 Å². The molecule has 0 amide bonds. The van der Waals surface area contributed by atoms with E-state index in [0.29, 0.717) is 0 Å². The third kappa shape index (κ3) is 3.10. The van der Waals surface area contributed by atoms with Gasteiger partial charge in [-0.05, 0) is 0 Å². The van der Waals surface area contributed by atoms with Crippen molar-refractivity contribution >= 4 is 11.6 Å². The molecule has 0 N–H and O–H groups in total. The van der Waals surface area contributed by atoms with Gasteiger partial charge in [0.1, 0.15) is 0 Å². The second-order valence-corrected chi connectivity index (χ2v) is 2.32. The second kappa shape index (κ2) is 4.22. The first-order chi connectivity index (χ1) is 5.00. The number of benzene rings is 1. The van der Waals surface area contributed by atoms with Crippen molar-refractivity contribution in [1.29, 1.82) is 0 Å². The first kappa shape index (κ1) is 11.9. The molecular weight excluding hydrogens is 183 g/mol. The molecule has 0 fully saturated rings. The third-order valence-corrected chi connectivity index (χ3v) is 1.29. The zero-order valence-electron chi connectivity index (χ0n) is 6.24. The summed E-state index contributed by atoms with van der Waals surface area (Å²) in [6.07, 6.45) is -4.36. The molecule has 0 aromatic heterocycles. The van der Waals surface area contributed by atoms with E-state index in [1.54, 1.807) is 0 Å². The summed E-state index contributed by atoms with van der Waals surface area (Å²) in [4.78, 5) is 0. The first-order valence-electron chi connectivity index (χ1n) is 2.75. The van der Waals surface area contributed by atoms with Crippen molar-refractivity contribution in [3.05, 3.63) is 34.9 Å². The van der Waals surface area contributed by atoms with E-state index < -0.39 is 11.7 Å². The normalized spacial score (nSPS) is 10.7. The average Bonchev–Trinajstić information content (AvgIpc) is 1.86. The number of hydrogen-bond acceptors (Lipinski definition) is 0. The molecule has 60 valence electrons. The van der Waals surface area contributed by atoms with Crippen LogP contribution in [0.5, 0.6) is 0 Å². The predicted octanol–water partition coefficient (Wildman–Crippen LogP) is 0.163. The van der Waals surface area contributed by atoms with Crippen molar-refractivity contribution in [2.75, 3.05) is 0 Å². The van der Waals surface area contributed by atoms with Crippen LogP contribution >= 0.6 is 11.6 Å². The van der Waals surface area contributed by atoms with Gasteiger partial charge in [-0.3, -0.25) is 0 Å². The Labute approximate surface area is 84.9 Å². The van der Waals surface area contributed by atoms with Crippen LogP contribution in [-0.2, 0) is 6.18 Å². The molecule has 0 spiro atoms. The average molecular weight is 186 g/mol. The summed E-state index contributed by atoms with van der Waals surface area (Å²) in [5.41, 5.74) is -0.843. The molecule has 1 aromatic carbocycles. The molecule has 0 atom stereocenters. The van der Waals surface area contributed by atoms with E-state index in [1.165, 1.54) is 12.1 Å². The van der Waals surface area contributed by atoms with E-state index in [1.807, 2.05) is 6.07 Å². The Kier molecular flexibility index (Phi) is 4.19. The van der Waals surface area contributed by atoms with E-state index >= 15 is 0 Å². The summed E-state index contributed by atoms with van der Waals surface area (Å²) < 4.78 is 35.6. The second-order valence-electron chi connectivity index (χ2n) is 1.91. The standard InChI is InChI=1S/C7H3ClF3.Li/c8-6-3-1-2-5(4-6)7(9,10)11;/h1-3H;/q-1;+1. The topological polar surface area (TPSA) is 0 Å². The molecule has 0 radical (unpaired) electrons. The van der Waals surface area contributed by atoms with Gasteiger partial charge in [-0.25, -0.2) is 0 Å². The molecule has 1 aromatic rings. The first-order valence-corrected chi connectivity index (χ1v) is 3.13. The molecule has 5 heteroatoms. The van der Waals surface area contributed by atoms with Gasteiger partial charge in [0.25, 0.3) is 0 Å². The molecule has 0 aliphatic carbocycles. The fraction of sp³-hybridized carbons (Fsp3) is 0.143. The van der Waals surface area contributed by atoms with E-state index in [4.69, 9.17) is 11.6 Å². The molecule has 1 rings (SSSR count). The summed E-state index contributed by atoms with van der Waals surface area (Å²) in [6, 6.07) is 5.49. The Morgan fingerprint density at radius 1 is 1.25 bits per heavy atom.